The van der Waals surface area contributed by atoms with E-state index in [1.54, 1.807) is 12.5 Å². The lowest BCUT2D eigenvalue weighted by Gasteiger charge is -2.27. The molecule has 0 amide bonds. The van der Waals surface area contributed by atoms with Gasteiger partial charge in [-0.15, -0.1) is 0 Å². The Balaban J connectivity index is 1.95. The molecule has 0 radical (unpaired) electrons. The minimum Gasteiger partial charge on any atom is -0.472 e. The molecule has 1 fully saturated rings. The summed E-state index contributed by atoms with van der Waals surface area (Å²) in [5, 5.41) is 0. The van der Waals surface area contributed by atoms with Crippen molar-refractivity contribution in [2.45, 2.75) is 6.92 Å². The van der Waals surface area contributed by atoms with Crippen molar-refractivity contribution < 1.29 is 9.15 Å². The van der Waals surface area contributed by atoms with Gasteiger partial charge in [-0.3, -0.25) is 0 Å². The maximum Gasteiger partial charge on any atom is 0.226 e. The third-order valence-electron chi connectivity index (χ3n) is 2.95. The summed E-state index contributed by atoms with van der Waals surface area (Å²) in [4.78, 5) is 11.2. The third-order valence-corrected chi connectivity index (χ3v) is 2.95. The van der Waals surface area contributed by atoms with E-state index in [4.69, 9.17) is 9.15 Å². The second-order valence-corrected chi connectivity index (χ2v) is 4.31. The zero-order chi connectivity index (χ0) is 12.4. The molecule has 1 aliphatic rings. The fraction of sp³-hybridized carbons (Fsp3) is 0.385. The Kier molecular flexibility index (Phi) is 2.98. The number of aromatic nitrogens is 2. The van der Waals surface area contributed by atoms with Crippen LogP contribution < -0.4 is 4.90 Å². The summed E-state index contributed by atoms with van der Waals surface area (Å²) in [6, 6.07) is 3.87. The van der Waals surface area contributed by atoms with Crippen LogP contribution in [-0.4, -0.2) is 36.3 Å². The van der Waals surface area contributed by atoms with Crippen molar-refractivity contribution in [3.05, 3.63) is 30.4 Å². The van der Waals surface area contributed by atoms with Crippen LogP contribution in [0.1, 0.15) is 5.69 Å². The van der Waals surface area contributed by atoms with Gasteiger partial charge in [-0.2, -0.15) is 0 Å². The van der Waals surface area contributed by atoms with E-state index in [9.17, 15) is 0 Å². The molecule has 2 aromatic rings. The Hall–Kier alpha value is -1.88. The first-order valence-electron chi connectivity index (χ1n) is 6.04. The number of morpholine rings is 1. The number of hydrogen-bond acceptors (Lipinski definition) is 5. The number of ether oxygens (including phenoxy) is 1. The molecule has 94 valence electrons. The molecule has 0 spiro atoms. The van der Waals surface area contributed by atoms with E-state index < -0.39 is 0 Å². The molecule has 5 nitrogen and oxygen atoms in total. The van der Waals surface area contributed by atoms with Gasteiger partial charge in [0.05, 0.1) is 31.4 Å². The maximum absolute atomic E-state index is 5.34. The summed E-state index contributed by atoms with van der Waals surface area (Å²) in [6.07, 6.45) is 3.35. The predicted molar refractivity (Wildman–Crippen MR) is 67.5 cm³/mol. The molecule has 0 saturated carbocycles. The Morgan fingerprint density at radius 2 is 2.06 bits per heavy atom. The molecule has 1 saturated heterocycles. The van der Waals surface area contributed by atoms with Crippen molar-refractivity contribution in [3.8, 4) is 11.3 Å². The van der Waals surface area contributed by atoms with Crippen LogP contribution in [0.15, 0.2) is 29.1 Å². The van der Waals surface area contributed by atoms with Crippen LogP contribution >= 0.6 is 0 Å². The summed E-state index contributed by atoms with van der Waals surface area (Å²) in [7, 11) is 0. The number of aryl methyl sites for hydroxylation is 1. The average molecular weight is 245 g/mol. The minimum atomic E-state index is 0.734. The van der Waals surface area contributed by atoms with Crippen LogP contribution in [-0.2, 0) is 4.74 Å². The van der Waals surface area contributed by atoms with Gasteiger partial charge in [0.15, 0.2) is 0 Å². The lowest BCUT2D eigenvalue weighted by atomic mass is 10.2. The second-order valence-electron chi connectivity index (χ2n) is 4.31. The molecule has 0 aromatic carbocycles. The smallest absolute Gasteiger partial charge is 0.226 e. The first-order valence-corrected chi connectivity index (χ1v) is 6.04. The van der Waals surface area contributed by atoms with Crippen molar-refractivity contribution in [1.29, 1.82) is 0 Å². The first kappa shape index (κ1) is 11.2. The molecule has 3 rings (SSSR count). The molecular weight excluding hydrogens is 230 g/mol. The highest BCUT2D eigenvalue weighted by atomic mass is 16.5. The van der Waals surface area contributed by atoms with Gasteiger partial charge in [0.1, 0.15) is 0 Å². The highest BCUT2D eigenvalue weighted by Crippen LogP contribution is 2.21. The van der Waals surface area contributed by atoms with E-state index in [0.29, 0.717) is 0 Å². The zero-order valence-electron chi connectivity index (χ0n) is 10.3. The maximum atomic E-state index is 5.34. The van der Waals surface area contributed by atoms with Crippen molar-refractivity contribution in [1.82, 2.24) is 9.97 Å². The number of nitrogens with zero attached hydrogens (tertiary/aromatic N) is 3. The highest BCUT2D eigenvalue weighted by molar-refractivity contribution is 5.59. The van der Waals surface area contributed by atoms with Gasteiger partial charge in [0.2, 0.25) is 5.95 Å². The summed E-state index contributed by atoms with van der Waals surface area (Å²) < 4.78 is 10.4. The van der Waals surface area contributed by atoms with E-state index in [1.807, 2.05) is 19.1 Å². The van der Waals surface area contributed by atoms with E-state index in [0.717, 1.165) is 49.2 Å². The molecule has 0 N–H and O–H groups in total. The number of anilines is 1. The summed E-state index contributed by atoms with van der Waals surface area (Å²) >= 11 is 0. The molecular formula is C13H15N3O2. The molecule has 5 heteroatoms. The molecule has 0 aliphatic carbocycles. The molecule has 1 aliphatic heterocycles. The normalized spacial score (nSPS) is 15.9. The third kappa shape index (κ3) is 2.22. The summed E-state index contributed by atoms with van der Waals surface area (Å²) in [5.74, 6) is 0.773. The van der Waals surface area contributed by atoms with Crippen LogP contribution in [0.3, 0.4) is 0 Å². The SMILES string of the molecule is Cc1cc(-c2ccoc2)nc(N2CCOCC2)n1. The van der Waals surface area contributed by atoms with E-state index in [1.165, 1.54) is 0 Å². The van der Waals surface area contributed by atoms with Gasteiger partial charge in [0.25, 0.3) is 0 Å². The number of furan rings is 1. The molecule has 2 aromatic heterocycles. The molecule has 18 heavy (non-hydrogen) atoms. The van der Waals surface area contributed by atoms with Crippen molar-refractivity contribution in [2.24, 2.45) is 0 Å². The Labute approximate surface area is 105 Å². The van der Waals surface area contributed by atoms with Gasteiger partial charge in [-0.25, -0.2) is 9.97 Å². The molecule has 0 atom stereocenters. The largest absolute Gasteiger partial charge is 0.472 e. The minimum absolute atomic E-state index is 0.734. The predicted octanol–water partition coefficient (Wildman–Crippen LogP) is 1.88. The van der Waals surface area contributed by atoms with Crippen LogP contribution in [0.5, 0.6) is 0 Å². The van der Waals surface area contributed by atoms with Gasteiger partial charge >= 0.3 is 0 Å². The standard InChI is InChI=1S/C13H15N3O2/c1-10-8-12(11-2-5-18-9-11)15-13(14-10)16-3-6-17-7-4-16/h2,5,8-9H,3-4,6-7H2,1H3. The van der Waals surface area contributed by atoms with Crippen molar-refractivity contribution in [3.63, 3.8) is 0 Å². The van der Waals surface area contributed by atoms with E-state index >= 15 is 0 Å². The average Bonchev–Trinajstić information content (AvgIpc) is 2.93. The monoisotopic (exact) mass is 245 g/mol. The zero-order valence-corrected chi connectivity index (χ0v) is 10.3. The lowest BCUT2D eigenvalue weighted by molar-refractivity contribution is 0.122. The van der Waals surface area contributed by atoms with Gasteiger partial charge in [-0.1, -0.05) is 0 Å². The topological polar surface area (TPSA) is 51.4 Å². The quantitative estimate of drug-likeness (QED) is 0.808. The fourth-order valence-electron chi connectivity index (χ4n) is 2.02. The van der Waals surface area contributed by atoms with E-state index in [-0.39, 0.29) is 0 Å². The van der Waals surface area contributed by atoms with Gasteiger partial charge < -0.3 is 14.1 Å². The fourth-order valence-corrected chi connectivity index (χ4v) is 2.02. The first-order chi connectivity index (χ1) is 8.83. The van der Waals surface area contributed by atoms with Crippen LogP contribution in [0, 0.1) is 6.92 Å². The van der Waals surface area contributed by atoms with Crippen LogP contribution in [0.25, 0.3) is 11.3 Å². The van der Waals surface area contributed by atoms with Crippen LogP contribution in [0.2, 0.25) is 0 Å². The second kappa shape index (κ2) is 4.78. The number of rotatable bonds is 2. The number of hydrogen-bond donors (Lipinski definition) is 0. The Morgan fingerprint density at radius 1 is 1.22 bits per heavy atom. The molecule has 0 unspecified atom stereocenters. The van der Waals surface area contributed by atoms with Gasteiger partial charge in [0, 0.05) is 24.3 Å². The van der Waals surface area contributed by atoms with Gasteiger partial charge in [-0.05, 0) is 19.1 Å². The molecule has 0 bridgehead atoms. The summed E-state index contributed by atoms with van der Waals surface area (Å²) in [6.45, 7) is 5.13. The Bertz CT molecular complexity index is 519. The molecule has 3 heterocycles. The van der Waals surface area contributed by atoms with Crippen molar-refractivity contribution in [2.75, 3.05) is 31.2 Å². The lowest BCUT2D eigenvalue weighted by Crippen LogP contribution is -2.37. The summed E-state index contributed by atoms with van der Waals surface area (Å²) in [5.41, 5.74) is 2.84. The Morgan fingerprint density at radius 3 is 2.78 bits per heavy atom. The van der Waals surface area contributed by atoms with Crippen LogP contribution in [0.4, 0.5) is 5.95 Å². The highest BCUT2D eigenvalue weighted by Gasteiger charge is 2.15. The van der Waals surface area contributed by atoms with Crippen molar-refractivity contribution >= 4 is 5.95 Å². The van der Waals surface area contributed by atoms with E-state index in [2.05, 4.69) is 14.9 Å².